The van der Waals surface area contributed by atoms with Gasteiger partial charge in [-0.25, -0.2) is 4.98 Å². The van der Waals surface area contributed by atoms with Gasteiger partial charge in [0.25, 0.3) is 0 Å². The molecule has 0 amide bonds. The van der Waals surface area contributed by atoms with Crippen LogP contribution in [0.25, 0.3) is 10.9 Å². The number of halogens is 3. The fourth-order valence-corrected chi connectivity index (χ4v) is 3.14. The maximum absolute atomic E-state index is 12.9. The summed E-state index contributed by atoms with van der Waals surface area (Å²) in [6.45, 7) is 2.19. The summed E-state index contributed by atoms with van der Waals surface area (Å²) < 4.78 is 43.5. The Hall–Kier alpha value is -1.47. The number of alkyl halides is 3. The minimum Gasteiger partial charge on any atom is -0.365 e. The molecule has 0 radical (unpaired) electrons. The van der Waals surface area contributed by atoms with Gasteiger partial charge in [0.2, 0.25) is 0 Å². The number of morpholine rings is 1. The lowest BCUT2D eigenvalue weighted by atomic mass is 10.1. The lowest BCUT2D eigenvalue weighted by molar-refractivity contribution is -0.221. The van der Waals surface area contributed by atoms with Gasteiger partial charge in [-0.05, 0) is 36.9 Å². The lowest BCUT2D eigenvalue weighted by Crippen LogP contribution is -2.49. The van der Waals surface area contributed by atoms with Crippen molar-refractivity contribution in [2.45, 2.75) is 24.1 Å². The molecule has 1 saturated heterocycles. The summed E-state index contributed by atoms with van der Waals surface area (Å²) in [4.78, 5) is 7.31. The Kier molecular flexibility index (Phi) is 4.42. The van der Waals surface area contributed by atoms with Crippen molar-refractivity contribution in [3.63, 3.8) is 0 Å². The van der Waals surface area contributed by atoms with Crippen molar-refractivity contribution in [2.75, 3.05) is 30.9 Å². The minimum atomic E-state index is -4.35. The van der Waals surface area contributed by atoms with Gasteiger partial charge in [-0.2, -0.15) is 13.2 Å². The van der Waals surface area contributed by atoms with E-state index < -0.39 is 12.3 Å². The first-order chi connectivity index (χ1) is 10.9. The third-order valence-electron chi connectivity index (χ3n) is 3.97. The Labute approximate surface area is 136 Å². The quantitative estimate of drug-likeness (QED) is 0.770. The van der Waals surface area contributed by atoms with Gasteiger partial charge in [0.15, 0.2) is 6.10 Å². The van der Waals surface area contributed by atoms with E-state index in [1.165, 1.54) is 0 Å². The van der Waals surface area contributed by atoms with E-state index in [0.717, 1.165) is 21.4 Å². The van der Waals surface area contributed by atoms with Gasteiger partial charge >= 0.3 is 6.18 Å². The van der Waals surface area contributed by atoms with Gasteiger partial charge in [-0.15, -0.1) is 11.8 Å². The van der Waals surface area contributed by atoms with Crippen molar-refractivity contribution >= 4 is 28.5 Å². The van der Waals surface area contributed by atoms with Crippen LogP contribution in [0.1, 0.15) is 5.56 Å². The fraction of sp³-hybridized carbons (Fsp3) is 0.438. The van der Waals surface area contributed by atoms with Gasteiger partial charge in [-0.1, -0.05) is 6.07 Å². The Balaban J connectivity index is 1.96. The summed E-state index contributed by atoms with van der Waals surface area (Å²) in [5.41, 5.74) is 1.81. The molecule has 0 N–H and O–H groups in total. The Morgan fingerprint density at radius 3 is 2.78 bits per heavy atom. The van der Waals surface area contributed by atoms with Crippen LogP contribution in [0.3, 0.4) is 0 Å². The van der Waals surface area contributed by atoms with Crippen LogP contribution < -0.4 is 4.90 Å². The van der Waals surface area contributed by atoms with Gasteiger partial charge in [0.1, 0.15) is 5.82 Å². The van der Waals surface area contributed by atoms with E-state index in [2.05, 4.69) is 4.98 Å². The van der Waals surface area contributed by atoms with Crippen molar-refractivity contribution in [1.82, 2.24) is 4.98 Å². The first-order valence-corrected chi connectivity index (χ1v) is 8.49. The highest BCUT2D eigenvalue weighted by Crippen LogP contribution is 2.30. The Morgan fingerprint density at radius 1 is 1.30 bits per heavy atom. The number of pyridine rings is 1. The van der Waals surface area contributed by atoms with E-state index >= 15 is 0 Å². The van der Waals surface area contributed by atoms with Crippen molar-refractivity contribution in [1.29, 1.82) is 0 Å². The second-order valence-corrected chi connectivity index (χ2v) is 6.41. The number of rotatable bonds is 2. The molecule has 2 aromatic rings. The molecule has 1 atom stereocenters. The highest BCUT2D eigenvalue weighted by atomic mass is 32.2. The molecule has 23 heavy (non-hydrogen) atoms. The van der Waals surface area contributed by atoms with E-state index in [-0.39, 0.29) is 13.2 Å². The molecule has 3 nitrogen and oxygen atoms in total. The molecule has 2 heterocycles. The number of nitrogens with zero attached hydrogens (tertiary/aromatic N) is 2. The zero-order valence-electron chi connectivity index (χ0n) is 12.9. The molecule has 0 spiro atoms. The second kappa shape index (κ2) is 6.20. The van der Waals surface area contributed by atoms with Crippen LogP contribution in [0.15, 0.2) is 29.2 Å². The zero-order valence-corrected chi connectivity index (χ0v) is 13.7. The van der Waals surface area contributed by atoms with Gasteiger partial charge < -0.3 is 9.64 Å². The normalized spacial score (nSPS) is 19.3. The smallest absolute Gasteiger partial charge is 0.365 e. The predicted molar refractivity (Wildman–Crippen MR) is 86.3 cm³/mol. The maximum atomic E-state index is 12.9. The molecule has 124 valence electrons. The van der Waals surface area contributed by atoms with Crippen molar-refractivity contribution in [3.05, 3.63) is 29.8 Å². The average Bonchev–Trinajstić information content (AvgIpc) is 2.53. The van der Waals surface area contributed by atoms with E-state index in [0.29, 0.717) is 12.4 Å². The van der Waals surface area contributed by atoms with E-state index in [9.17, 15) is 13.2 Å². The molecular weight excluding hydrogens is 325 g/mol. The van der Waals surface area contributed by atoms with Gasteiger partial charge in [-0.3, -0.25) is 0 Å². The van der Waals surface area contributed by atoms with Crippen LogP contribution >= 0.6 is 11.8 Å². The molecule has 1 aromatic heterocycles. The third kappa shape index (κ3) is 3.40. The number of hydrogen-bond donors (Lipinski definition) is 0. The number of hydrogen-bond acceptors (Lipinski definition) is 4. The third-order valence-corrected chi connectivity index (χ3v) is 4.69. The number of ether oxygens (including phenoxy) is 1. The summed E-state index contributed by atoms with van der Waals surface area (Å²) in [6.07, 6.45) is -4.13. The summed E-state index contributed by atoms with van der Waals surface area (Å²) in [6, 6.07) is 7.85. The van der Waals surface area contributed by atoms with Crippen LogP contribution in [0.2, 0.25) is 0 Å². The molecule has 3 rings (SSSR count). The number of benzene rings is 1. The average molecular weight is 342 g/mol. The number of fused-ring (bicyclic) bond motifs is 1. The van der Waals surface area contributed by atoms with Crippen molar-refractivity contribution in [2.24, 2.45) is 0 Å². The molecule has 1 fully saturated rings. The number of anilines is 1. The zero-order chi connectivity index (χ0) is 16.6. The Morgan fingerprint density at radius 2 is 2.09 bits per heavy atom. The number of aromatic nitrogens is 1. The first-order valence-electron chi connectivity index (χ1n) is 7.27. The van der Waals surface area contributed by atoms with E-state index in [1.807, 2.05) is 37.4 Å². The fourth-order valence-electron chi connectivity index (χ4n) is 2.71. The molecule has 0 saturated carbocycles. The highest BCUT2D eigenvalue weighted by Gasteiger charge is 2.43. The highest BCUT2D eigenvalue weighted by molar-refractivity contribution is 7.98. The first kappa shape index (κ1) is 16.4. The molecule has 0 aliphatic carbocycles. The summed E-state index contributed by atoms with van der Waals surface area (Å²) in [5, 5.41) is 1.02. The van der Waals surface area contributed by atoms with Crippen LogP contribution in [0.5, 0.6) is 0 Å². The van der Waals surface area contributed by atoms with Crippen molar-refractivity contribution in [3.8, 4) is 0 Å². The summed E-state index contributed by atoms with van der Waals surface area (Å²) in [5.74, 6) is 0.575. The summed E-state index contributed by atoms with van der Waals surface area (Å²) in [7, 11) is 0. The SMILES string of the molecule is CSc1ccc2c(C)cc(N3CCO[C@H](C(F)(F)F)C3)nc2c1. The maximum Gasteiger partial charge on any atom is 0.416 e. The molecule has 1 aliphatic heterocycles. The largest absolute Gasteiger partial charge is 0.416 e. The van der Waals surface area contributed by atoms with Crippen LogP contribution in [0.4, 0.5) is 19.0 Å². The number of thioether (sulfide) groups is 1. The predicted octanol–water partition coefficient (Wildman–Crippen LogP) is 4.03. The van der Waals surface area contributed by atoms with Gasteiger partial charge in [0.05, 0.1) is 18.7 Å². The van der Waals surface area contributed by atoms with Crippen LogP contribution in [-0.2, 0) is 4.74 Å². The van der Waals surface area contributed by atoms with Gasteiger partial charge in [0, 0.05) is 16.8 Å². The lowest BCUT2D eigenvalue weighted by Gasteiger charge is -2.34. The van der Waals surface area contributed by atoms with E-state index in [4.69, 9.17) is 4.74 Å². The monoisotopic (exact) mass is 342 g/mol. The van der Waals surface area contributed by atoms with Crippen LogP contribution in [-0.4, -0.2) is 43.2 Å². The van der Waals surface area contributed by atoms with Crippen molar-refractivity contribution < 1.29 is 17.9 Å². The van der Waals surface area contributed by atoms with Crippen LogP contribution in [0, 0.1) is 6.92 Å². The molecular formula is C16H17F3N2OS. The molecule has 1 aliphatic rings. The number of aryl methyl sites for hydroxylation is 1. The molecule has 1 aromatic carbocycles. The molecule has 0 unspecified atom stereocenters. The standard InChI is InChI=1S/C16H17F3N2OS/c1-10-7-15(20-13-8-11(23-2)3-4-12(10)13)21-5-6-22-14(9-21)16(17,18)19/h3-4,7-8,14H,5-6,9H2,1-2H3/t14-/m0/s1. The minimum absolute atomic E-state index is 0.0494. The van der Waals surface area contributed by atoms with E-state index in [1.54, 1.807) is 16.7 Å². The second-order valence-electron chi connectivity index (χ2n) is 5.53. The molecule has 0 bridgehead atoms. The molecule has 7 heteroatoms. The Bertz CT molecular complexity index is 720. The summed E-state index contributed by atoms with van der Waals surface area (Å²) >= 11 is 1.61. The topological polar surface area (TPSA) is 25.4 Å².